The average molecular weight is 213 g/mol. The smallest absolute Gasteiger partial charge is 0.309 e. The first-order valence-corrected chi connectivity index (χ1v) is 5.69. The van der Waals surface area contributed by atoms with Crippen molar-refractivity contribution in [1.29, 1.82) is 0 Å². The second-order valence-electron chi connectivity index (χ2n) is 5.68. The second kappa shape index (κ2) is 4.52. The zero-order valence-electron chi connectivity index (χ0n) is 10.2. The summed E-state index contributed by atoms with van der Waals surface area (Å²) in [5.74, 6) is 0.286. The maximum Gasteiger partial charge on any atom is 0.309 e. The summed E-state index contributed by atoms with van der Waals surface area (Å²) in [4.78, 5) is 11.7. The molecule has 3 nitrogen and oxygen atoms in total. The minimum absolute atomic E-state index is 0.0150. The van der Waals surface area contributed by atoms with E-state index in [-0.39, 0.29) is 23.3 Å². The van der Waals surface area contributed by atoms with Crippen LogP contribution in [0, 0.1) is 17.3 Å². The summed E-state index contributed by atoms with van der Waals surface area (Å²) in [7, 11) is 1.46. The van der Waals surface area contributed by atoms with Gasteiger partial charge in [-0.25, -0.2) is 0 Å². The molecule has 0 radical (unpaired) electrons. The predicted octanol–water partition coefficient (Wildman–Crippen LogP) is 1.95. The van der Waals surface area contributed by atoms with Gasteiger partial charge in [0.1, 0.15) is 0 Å². The first-order chi connectivity index (χ1) is 6.86. The molecule has 0 saturated heterocycles. The Morgan fingerprint density at radius 1 is 1.33 bits per heavy atom. The van der Waals surface area contributed by atoms with Crippen LogP contribution < -0.4 is 5.73 Å². The van der Waals surface area contributed by atoms with Crippen LogP contribution >= 0.6 is 0 Å². The summed E-state index contributed by atoms with van der Waals surface area (Å²) in [6.07, 6.45) is 2.83. The third-order valence-electron chi connectivity index (χ3n) is 3.51. The van der Waals surface area contributed by atoms with Crippen molar-refractivity contribution in [3.8, 4) is 0 Å². The first-order valence-electron chi connectivity index (χ1n) is 5.69. The Hall–Kier alpha value is -0.570. The van der Waals surface area contributed by atoms with Crippen LogP contribution in [0.15, 0.2) is 0 Å². The first kappa shape index (κ1) is 12.5. The van der Waals surface area contributed by atoms with Crippen LogP contribution in [-0.2, 0) is 9.53 Å². The van der Waals surface area contributed by atoms with Crippen LogP contribution in [0.4, 0.5) is 0 Å². The summed E-state index contributed by atoms with van der Waals surface area (Å²) in [5.41, 5.74) is 6.07. The number of hydrogen-bond donors (Lipinski definition) is 1. The number of rotatable bonds is 1. The molecule has 0 aromatic rings. The molecule has 0 aromatic carbocycles. The molecule has 15 heavy (non-hydrogen) atoms. The molecule has 0 heterocycles. The quantitative estimate of drug-likeness (QED) is 0.677. The van der Waals surface area contributed by atoms with Crippen molar-refractivity contribution in [2.45, 2.75) is 46.1 Å². The van der Waals surface area contributed by atoms with Gasteiger partial charge in [0.15, 0.2) is 0 Å². The molecular formula is C12H23NO2. The van der Waals surface area contributed by atoms with E-state index in [4.69, 9.17) is 10.5 Å². The molecule has 0 amide bonds. The van der Waals surface area contributed by atoms with Gasteiger partial charge in [-0.1, -0.05) is 20.8 Å². The maximum atomic E-state index is 11.7. The zero-order chi connectivity index (χ0) is 11.6. The second-order valence-corrected chi connectivity index (χ2v) is 5.68. The average Bonchev–Trinajstić information content (AvgIpc) is 2.14. The number of esters is 1. The molecule has 3 atom stereocenters. The molecule has 1 rings (SSSR count). The number of methoxy groups -OCH3 is 1. The lowest BCUT2D eigenvalue weighted by molar-refractivity contribution is -0.151. The molecule has 3 heteroatoms. The third kappa shape index (κ3) is 2.94. The number of ether oxygens (including phenoxy) is 1. The fourth-order valence-corrected chi connectivity index (χ4v) is 2.65. The van der Waals surface area contributed by atoms with Crippen molar-refractivity contribution < 1.29 is 9.53 Å². The van der Waals surface area contributed by atoms with Crippen LogP contribution in [0.5, 0.6) is 0 Å². The standard InChI is InChI=1S/C12H23NO2/c1-12(2,3)10-6-5-8(13)7-9(10)11(14)15-4/h8-10H,5-7,13H2,1-4H3. The summed E-state index contributed by atoms with van der Waals surface area (Å²) in [5, 5.41) is 0. The summed E-state index contributed by atoms with van der Waals surface area (Å²) < 4.78 is 4.87. The van der Waals surface area contributed by atoms with E-state index >= 15 is 0 Å². The monoisotopic (exact) mass is 213 g/mol. The van der Waals surface area contributed by atoms with Gasteiger partial charge in [-0.2, -0.15) is 0 Å². The summed E-state index contributed by atoms with van der Waals surface area (Å²) in [6.45, 7) is 6.55. The van der Waals surface area contributed by atoms with E-state index in [9.17, 15) is 4.79 Å². The molecule has 0 aromatic heterocycles. The van der Waals surface area contributed by atoms with Gasteiger partial charge in [0.2, 0.25) is 0 Å². The van der Waals surface area contributed by atoms with Crippen molar-refractivity contribution in [1.82, 2.24) is 0 Å². The molecule has 2 N–H and O–H groups in total. The highest BCUT2D eigenvalue weighted by atomic mass is 16.5. The van der Waals surface area contributed by atoms with Crippen LogP contribution in [0.3, 0.4) is 0 Å². The third-order valence-corrected chi connectivity index (χ3v) is 3.51. The van der Waals surface area contributed by atoms with Crippen molar-refractivity contribution >= 4 is 5.97 Å². The molecular weight excluding hydrogens is 190 g/mol. The lowest BCUT2D eigenvalue weighted by Crippen LogP contribution is -2.42. The lowest BCUT2D eigenvalue weighted by atomic mass is 9.65. The van der Waals surface area contributed by atoms with E-state index in [1.54, 1.807) is 0 Å². The van der Waals surface area contributed by atoms with Crippen LogP contribution in [0.2, 0.25) is 0 Å². The SMILES string of the molecule is COC(=O)C1CC(N)CCC1C(C)(C)C. The summed E-state index contributed by atoms with van der Waals surface area (Å²) >= 11 is 0. The largest absolute Gasteiger partial charge is 0.469 e. The van der Waals surface area contributed by atoms with Crippen LogP contribution in [-0.4, -0.2) is 19.1 Å². The van der Waals surface area contributed by atoms with E-state index in [0.29, 0.717) is 5.92 Å². The van der Waals surface area contributed by atoms with Crippen LogP contribution in [0.25, 0.3) is 0 Å². The molecule has 1 saturated carbocycles. The van der Waals surface area contributed by atoms with E-state index in [2.05, 4.69) is 20.8 Å². The fourth-order valence-electron chi connectivity index (χ4n) is 2.65. The summed E-state index contributed by atoms with van der Waals surface area (Å²) in [6, 6.07) is 0.160. The van der Waals surface area contributed by atoms with Gasteiger partial charge >= 0.3 is 5.97 Å². The van der Waals surface area contributed by atoms with Gasteiger partial charge in [-0.15, -0.1) is 0 Å². The Labute approximate surface area is 92.4 Å². The van der Waals surface area contributed by atoms with Gasteiger partial charge < -0.3 is 10.5 Å². The normalized spacial score (nSPS) is 32.5. The molecule has 88 valence electrons. The molecule has 0 bridgehead atoms. The number of carbonyl (C=O) groups excluding carboxylic acids is 1. The maximum absolute atomic E-state index is 11.7. The van der Waals surface area contributed by atoms with Gasteiger partial charge in [-0.05, 0) is 30.6 Å². The van der Waals surface area contributed by atoms with Gasteiger partial charge in [0.05, 0.1) is 13.0 Å². The van der Waals surface area contributed by atoms with Gasteiger partial charge in [-0.3, -0.25) is 4.79 Å². The van der Waals surface area contributed by atoms with E-state index < -0.39 is 0 Å². The minimum Gasteiger partial charge on any atom is -0.469 e. The Morgan fingerprint density at radius 2 is 1.93 bits per heavy atom. The highest BCUT2D eigenvalue weighted by Crippen LogP contribution is 2.41. The number of carbonyl (C=O) groups is 1. The van der Waals surface area contributed by atoms with Gasteiger partial charge in [0.25, 0.3) is 0 Å². The highest BCUT2D eigenvalue weighted by molar-refractivity contribution is 5.73. The highest BCUT2D eigenvalue weighted by Gasteiger charge is 2.40. The Kier molecular flexibility index (Phi) is 3.77. The van der Waals surface area contributed by atoms with Crippen molar-refractivity contribution in [2.75, 3.05) is 7.11 Å². The van der Waals surface area contributed by atoms with E-state index in [1.165, 1.54) is 7.11 Å². The zero-order valence-corrected chi connectivity index (χ0v) is 10.2. The molecule has 0 spiro atoms. The molecule has 1 aliphatic rings. The van der Waals surface area contributed by atoms with E-state index in [0.717, 1.165) is 19.3 Å². The topological polar surface area (TPSA) is 52.3 Å². The Balaban J connectivity index is 2.80. The molecule has 1 aliphatic carbocycles. The fraction of sp³-hybridized carbons (Fsp3) is 0.917. The number of nitrogens with two attached hydrogens (primary N) is 1. The Bertz CT molecular complexity index is 232. The number of hydrogen-bond acceptors (Lipinski definition) is 3. The Morgan fingerprint density at radius 3 is 2.40 bits per heavy atom. The minimum atomic E-state index is -0.0925. The molecule has 1 fully saturated rings. The van der Waals surface area contributed by atoms with Crippen molar-refractivity contribution in [3.63, 3.8) is 0 Å². The predicted molar refractivity (Wildman–Crippen MR) is 60.3 cm³/mol. The molecule has 3 unspecified atom stereocenters. The lowest BCUT2D eigenvalue weighted by Gasteiger charge is -2.40. The van der Waals surface area contributed by atoms with Gasteiger partial charge in [0, 0.05) is 6.04 Å². The molecule has 0 aliphatic heterocycles. The van der Waals surface area contributed by atoms with E-state index in [1.807, 2.05) is 0 Å². The van der Waals surface area contributed by atoms with Crippen molar-refractivity contribution in [3.05, 3.63) is 0 Å². The van der Waals surface area contributed by atoms with Crippen molar-refractivity contribution in [2.24, 2.45) is 23.0 Å². The van der Waals surface area contributed by atoms with Crippen LogP contribution in [0.1, 0.15) is 40.0 Å².